The first kappa shape index (κ1) is 18.6. The Morgan fingerprint density at radius 1 is 1.04 bits per heavy atom. The number of likely N-dealkylation sites (N-methyl/N-ethyl adjacent to an activating group) is 1. The molecule has 0 N–H and O–H groups in total. The maximum Gasteiger partial charge on any atom is 0.180 e. The highest BCUT2D eigenvalue weighted by Crippen LogP contribution is 2.19. The molecule has 1 atom stereocenters. The van der Waals surface area contributed by atoms with Crippen molar-refractivity contribution in [3.05, 3.63) is 65.2 Å². The first-order chi connectivity index (χ1) is 12.5. The molecule has 1 unspecified atom stereocenters. The number of carbonyl (C=O) groups is 1. The average molecular weight is 352 g/mol. The molecule has 4 heteroatoms. The zero-order chi connectivity index (χ0) is 18.5. The van der Waals surface area contributed by atoms with Gasteiger partial charge in [0.2, 0.25) is 0 Å². The van der Waals surface area contributed by atoms with E-state index in [4.69, 9.17) is 4.74 Å². The summed E-state index contributed by atoms with van der Waals surface area (Å²) in [5, 5.41) is 0. The van der Waals surface area contributed by atoms with Crippen LogP contribution in [0.5, 0.6) is 0 Å². The summed E-state index contributed by atoms with van der Waals surface area (Å²) in [4.78, 5) is 17.4. The number of ketones is 1. The molecule has 2 aromatic rings. The molecule has 1 aliphatic heterocycles. The Balaban J connectivity index is 1.73. The van der Waals surface area contributed by atoms with E-state index < -0.39 is 0 Å². The first-order valence-electron chi connectivity index (χ1n) is 9.23. The number of nitrogens with zero attached hydrogens (tertiary/aromatic N) is 2. The highest BCUT2D eigenvalue weighted by Gasteiger charge is 2.23. The van der Waals surface area contributed by atoms with Gasteiger partial charge in [-0.15, -0.1) is 0 Å². The van der Waals surface area contributed by atoms with Crippen LogP contribution in [0.1, 0.15) is 21.5 Å². The van der Waals surface area contributed by atoms with Crippen molar-refractivity contribution in [2.24, 2.45) is 0 Å². The van der Waals surface area contributed by atoms with Crippen molar-refractivity contribution in [1.82, 2.24) is 4.90 Å². The van der Waals surface area contributed by atoms with E-state index in [1.807, 2.05) is 31.1 Å². The van der Waals surface area contributed by atoms with Crippen LogP contribution in [0, 0.1) is 6.92 Å². The minimum atomic E-state index is -0.160. The third kappa shape index (κ3) is 4.51. The Bertz CT molecular complexity index is 717. The number of anilines is 1. The average Bonchev–Trinajstić information content (AvgIpc) is 2.67. The van der Waals surface area contributed by atoms with Crippen LogP contribution in [0.25, 0.3) is 0 Å². The fourth-order valence-corrected chi connectivity index (χ4v) is 3.31. The molecule has 4 nitrogen and oxygen atoms in total. The van der Waals surface area contributed by atoms with Crippen molar-refractivity contribution in [3.63, 3.8) is 0 Å². The summed E-state index contributed by atoms with van der Waals surface area (Å²) in [5.41, 5.74) is 4.35. The van der Waals surface area contributed by atoms with Crippen LogP contribution in [-0.2, 0) is 11.2 Å². The number of hydrogen-bond donors (Lipinski definition) is 0. The standard InChI is InChI=1S/C22H28N2O2/c1-17-4-6-18(7-5-17)16-21(23(2)3)22(25)19-8-10-20(11-9-19)24-12-14-26-15-13-24/h4-11,21H,12-16H2,1-3H3. The van der Waals surface area contributed by atoms with Gasteiger partial charge in [0.25, 0.3) is 0 Å². The minimum Gasteiger partial charge on any atom is -0.378 e. The molecule has 2 aromatic carbocycles. The molecule has 0 bridgehead atoms. The van der Waals surface area contributed by atoms with Crippen LogP contribution in [-0.4, -0.2) is 57.1 Å². The lowest BCUT2D eigenvalue weighted by Crippen LogP contribution is -2.38. The summed E-state index contributed by atoms with van der Waals surface area (Å²) < 4.78 is 5.40. The first-order valence-corrected chi connectivity index (χ1v) is 9.23. The summed E-state index contributed by atoms with van der Waals surface area (Å²) in [6.07, 6.45) is 0.720. The largest absolute Gasteiger partial charge is 0.378 e. The van der Waals surface area contributed by atoms with Gasteiger partial charge in [0.1, 0.15) is 0 Å². The SMILES string of the molecule is Cc1ccc(CC(C(=O)c2ccc(N3CCOCC3)cc2)N(C)C)cc1. The highest BCUT2D eigenvalue weighted by atomic mass is 16.5. The van der Waals surface area contributed by atoms with Crippen molar-refractivity contribution in [2.75, 3.05) is 45.3 Å². The minimum absolute atomic E-state index is 0.160. The van der Waals surface area contributed by atoms with Crippen LogP contribution in [0.3, 0.4) is 0 Å². The smallest absolute Gasteiger partial charge is 0.180 e. The third-order valence-electron chi connectivity index (χ3n) is 5.00. The molecule has 0 spiro atoms. The van der Waals surface area contributed by atoms with E-state index in [1.165, 1.54) is 11.1 Å². The number of aryl methyl sites for hydroxylation is 1. The van der Waals surface area contributed by atoms with Gasteiger partial charge in [0, 0.05) is 24.3 Å². The number of benzene rings is 2. The molecule has 0 saturated carbocycles. The Kier molecular flexibility index (Phi) is 6.07. The lowest BCUT2D eigenvalue weighted by Gasteiger charge is -2.29. The van der Waals surface area contributed by atoms with Crippen LogP contribution in [0.15, 0.2) is 48.5 Å². The number of carbonyl (C=O) groups excluding carboxylic acids is 1. The van der Waals surface area contributed by atoms with Crippen molar-refractivity contribution in [3.8, 4) is 0 Å². The van der Waals surface area contributed by atoms with Crippen LogP contribution < -0.4 is 4.90 Å². The Morgan fingerprint density at radius 3 is 2.23 bits per heavy atom. The predicted octanol–water partition coefficient (Wildman–Crippen LogP) is 3.19. The normalized spacial score (nSPS) is 15.9. The monoisotopic (exact) mass is 352 g/mol. The molecule has 0 radical (unpaired) electrons. The molecule has 1 heterocycles. The Morgan fingerprint density at radius 2 is 1.65 bits per heavy atom. The summed E-state index contributed by atoms with van der Waals surface area (Å²) >= 11 is 0. The summed E-state index contributed by atoms with van der Waals surface area (Å²) in [5.74, 6) is 0.170. The zero-order valence-electron chi connectivity index (χ0n) is 15.9. The lowest BCUT2D eigenvalue weighted by molar-refractivity contribution is 0.0875. The molecule has 1 fully saturated rings. The molecule has 1 aliphatic rings. The Hall–Kier alpha value is -2.17. The second kappa shape index (κ2) is 8.47. The van der Waals surface area contributed by atoms with Crippen molar-refractivity contribution in [1.29, 1.82) is 0 Å². The van der Waals surface area contributed by atoms with E-state index in [0.717, 1.165) is 44.0 Å². The molecular weight excluding hydrogens is 324 g/mol. The zero-order valence-corrected chi connectivity index (χ0v) is 15.9. The summed E-state index contributed by atoms with van der Waals surface area (Å²) in [7, 11) is 3.94. The fraction of sp³-hybridized carbons (Fsp3) is 0.409. The maximum absolute atomic E-state index is 13.1. The molecule has 3 rings (SSSR count). The quantitative estimate of drug-likeness (QED) is 0.748. The number of ether oxygens (including phenoxy) is 1. The van der Waals surface area contributed by atoms with Gasteiger partial charge in [-0.1, -0.05) is 29.8 Å². The fourth-order valence-electron chi connectivity index (χ4n) is 3.31. The number of morpholine rings is 1. The summed E-state index contributed by atoms with van der Waals surface area (Å²) in [6.45, 7) is 5.41. The number of Topliss-reactive ketones (excluding diaryl/α,β-unsaturated/α-hetero) is 1. The Labute approximate surface area is 156 Å². The van der Waals surface area contributed by atoms with Crippen molar-refractivity contribution >= 4 is 11.5 Å². The van der Waals surface area contributed by atoms with Gasteiger partial charge >= 0.3 is 0 Å². The summed E-state index contributed by atoms with van der Waals surface area (Å²) in [6, 6.07) is 16.3. The maximum atomic E-state index is 13.1. The van der Waals surface area contributed by atoms with E-state index in [1.54, 1.807) is 0 Å². The predicted molar refractivity (Wildman–Crippen MR) is 106 cm³/mol. The molecule has 26 heavy (non-hydrogen) atoms. The lowest BCUT2D eigenvalue weighted by atomic mass is 9.96. The highest BCUT2D eigenvalue weighted by molar-refractivity contribution is 6.00. The van der Waals surface area contributed by atoms with E-state index >= 15 is 0 Å². The van der Waals surface area contributed by atoms with Gasteiger partial charge in [-0.2, -0.15) is 0 Å². The van der Waals surface area contributed by atoms with Gasteiger partial charge in [0.05, 0.1) is 19.3 Å². The molecule has 138 valence electrons. The van der Waals surface area contributed by atoms with Gasteiger partial charge in [-0.05, 0) is 57.3 Å². The second-order valence-electron chi connectivity index (χ2n) is 7.18. The van der Waals surface area contributed by atoms with E-state index in [0.29, 0.717) is 0 Å². The molecule has 0 aromatic heterocycles. The number of rotatable bonds is 6. The van der Waals surface area contributed by atoms with Crippen molar-refractivity contribution in [2.45, 2.75) is 19.4 Å². The third-order valence-corrected chi connectivity index (χ3v) is 5.00. The molecule has 1 saturated heterocycles. The van der Waals surface area contributed by atoms with Gasteiger partial charge < -0.3 is 9.64 Å². The van der Waals surface area contributed by atoms with Gasteiger partial charge in [-0.3, -0.25) is 9.69 Å². The van der Waals surface area contributed by atoms with E-state index in [2.05, 4.69) is 48.2 Å². The number of hydrogen-bond acceptors (Lipinski definition) is 4. The van der Waals surface area contributed by atoms with Gasteiger partial charge in [-0.25, -0.2) is 0 Å². The topological polar surface area (TPSA) is 32.8 Å². The van der Waals surface area contributed by atoms with E-state index in [9.17, 15) is 4.79 Å². The van der Waals surface area contributed by atoms with E-state index in [-0.39, 0.29) is 11.8 Å². The van der Waals surface area contributed by atoms with Crippen LogP contribution in [0.2, 0.25) is 0 Å². The molecule has 0 amide bonds. The van der Waals surface area contributed by atoms with Gasteiger partial charge in [0.15, 0.2) is 5.78 Å². The van der Waals surface area contributed by atoms with Crippen molar-refractivity contribution < 1.29 is 9.53 Å². The van der Waals surface area contributed by atoms with Crippen LogP contribution >= 0.6 is 0 Å². The second-order valence-corrected chi connectivity index (χ2v) is 7.18. The van der Waals surface area contributed by atoms with Crippen LogP contribution in [0.4, 0.5) is 5.69 Å². The molecular formula is C22H28N2O2. The molecule has 0 aliphatic carbocycles.